The monoisotopic (exact) mass is 280 g/mol. The Morgan fingerprint density at radius 3 is 2.33 bits per heavy atom. The summed E-state index contributed by atoms with van der Waals surface area (Å²) in [7, 11) is 0. The van der Waals surface area contributed by atoms with Gasteiger partial charge in [-0.05, 0) is 0 Å². The number of hydrogen-bond acceptors (Lipinski definition) is 1. The van der Waals surface area contributed by atoms with Crippen LogP contribution in [-0.4, -0.2) is 13.3 Å². The second-order valence-electron chi connectivity index (χ2n) is 5.22. The third-order valence-electron chi connectivity index (χ3n) is 3.01. The average molecular weight is 279 g/mol. The molecule has 0 N–H and O–H groups in total. The third-order valence-corrected chi connectivity index (χ3v) is 8.91. The van der Waals surface area contributed by atoms with Gasteiger partial charge in [0.05, 0.1) is 0 Å². The number of benzene rings is 1. The molecule has 2 aromatic rings. The van der Waals surface area contributed by atoms with Gasteiger partial charge in [-0.3, -0.25) is 0 Å². The summed E-state index contributed by atoms with van der Waals surface area (Å²) in [5, 5.41) is 1.48. The van der Waals surface area contributed by atoms with Gasteiger partial charge in [-0.25, -0.2) is 0 Å². The summed E-state index contributed by atoms with van der Waals surface area (Å²) < 4.78 is 3.22. The molecule has 0 amide bonds. The Hall–Kier alpha value is -0.277. The molecule has 0 atom stereocenters. The Balaban J connectivity index is 2.83. The number of hydrogen-bond donors (Lipinski definition) is 0. The fraction of sp³-hybridized carbons (Fsp3) is 0.385. The van der Waals surface area contributed by atoms with Gasteiger partial charge in [0.15, 0.2) is 0 Å². The molecule has 2 rings (SSSR count). The summed E-state index contributed by atoms with van der Waals surface area (Å²) in [6.07, 6.45) is 0. The Morgan fingerprint density at radius 1 is 1.07 bits per heavy atom. The van der Waals surface area contributed by atoms with Gasteiger partial charge in [0.2, 0.25) is 0 Å². The molecule has 0 aliphatic rings. The molecular formula is C13H18GeS. The van der Waals surface area contributed by atoms with E-state index in [-0.39, 0.29) is 0 Å². The van der Waals surface area contributed by atoms with Gasteiger partial charge in [-0.2, -0.15) is 0 Å². The number of rotatable bonds is 1. The van der Waals surface area contributed by atoms with Crippen LogP contribution in [0.15, 0.2) is 18.2 Å². The van der Waals surface area contributed by atoms with Crippen molar-refractivity contribution < 1.29 is 0 Å². The number of aryl methyl sites for hydroxylation is 2. The second kappa shape index (κ2) is 3.63. The summed E-state index contributed by atoms with van der Waals surface area (Å²) in [5.74, 6) is 7.41. The molecule has 0 fully saturated rings. The van der Waals surface area contributed by atoms with Crippen LogP contribution in [0.5, 0.6) is 0 Å². The molecule has 0 bridgehead atoms. The van der Waals surface area contributed by atoms with Crippen LogP contribution in [0.2, 0.25) is 17.3 Å². The van der Waals surface area contributed by atoms with Crippen LogP contribution in [0.25, 0.3) is 10.1 Å². The van der Waals surface area contributed by atoms with E-state index in [0.29, 0.717) is 0 Å². The molecule has 0 spiro atoms. The standard InChI is InChI=1S/C13H18GeS/c1-9-10(2)15-13-11(9)7-6-8-12(13)14(3,4)5/h6-8H,1-5H3. The SMILES string of the molecule is Cc1sc2[c]([Ge]([CH3])([CH3])[CH3])cccc2c1C. The van der Waals surface area contributed by atoms with Crippen LogP contribution >= 0.6 is 11.3 Å². The fourth-order valence-corrected chi connectivity index (χ4v) is 7.91. The molecule has 0 unspecified atom stereocenters. The van der Waals surface area contributed by atoms with Crippen molar-refractivity contribution in [2.75, 3.05) is 0 Å². The van der Waals surface area contributed by atoms with Gasteiger partial charge >= 0.3 is 98.8 Å². The predicted octanol–water partition coefficient (Wildman–Crippen LogP) is 4.06. The van der Waals surface area contributed by atoms with E-state index in [2.05, 4.69) is 49.3 Å². The maximum absolute atomic E-state index is 2.47. The van der Waals surface area contributed by atoms with E-state index in [1.54, 1.807) is 9.10 Å². The molecule has 80 valence electrons. The molecule has 0 saturated carbocycles. The summed E-state index contributed by atoms with van der Waals surface area (Å²) >= 11 is 0.279. The normalized spacial score (nSPS) is 12.3. The molecule has 15 heavy (non-hydrogen) atoms. The van der Waals surface area contributed by atoms with Gasteiger partial charge in [0, 0.05) is 0 Å². The minimum atomic E-state index is -1.70. The molecule has 2 heteroatoms. The molecule has 0 radical (unpaired) electrons. The van der Waals surface area contributed by atoms with Crippen LogP contribution in [0.1, 0.15) is 10.4 Å². The summed E-state index contributed by atoms with van der Waals surface area (Å²) in [6.45, 7) is 4.48. The number of thiophene rings is 1. The summed E-state index contributed by atoms with van der Waals surface area (Å²) in [5.41, 5.74) is 1.48. The van der Waals surface area contributed by atoms with E-state index in [0.717, 1.165) is 0 Å². The zero-order valence-corrected chi connectivity index (χ0v) is 13.1. The van der Waals surface area contributed by atoms with Crippen LogP contribution in [-0.2, 0) is 0 Å². The zero-order valence-electron chi connectivity index (χ0n) is 10.1. The maximum atomic E-state index is 2.47. The Labute approximate surface area is 98.7 Å². The van der Waals surface area contributed by atoms with Crippen molar-refractivity contribution in [3.63, 3.8) is 0 Å². The quantitative estimate of drug-likeness (QED) is 0.690. The molecule has 0 saturated heterocycles. The average Bonchev–Trinajstić information content (AvgIpc) is 2.41. The summed E-state index contributed by atoms with van der Waals surface area (Å²) in [4.78, 5) is 1.48. The molecule has 0 aliphatic carbocycles. The van der Waals surface area contributed by atoms with Crippen molar-refractivity contribution in [1.82, 2.24) is 0 Å². The van der Waals surface area contributed by atoms with Crippen molar-refractivity contribution in [2.45, 2.75) is 31.1 Å². The van der Waals surface area contributed by atoms with Gasteiger partial charge < -0.3 is 0 Å². The van der Waals surface area contributed by atoms with Crippen molar-refractivity contribution in [3.8, 4) is 0 Å². The van der Waals surface area contributed by atoms with E-state index < -0.39 is 13.3 Å². The Morgan fingerprint density at radius 2 is 1.73 bits per heavy atom. The van der Waals surface area contributed by atoms with E-state index in [1.807, 2.05) is 11.3 Å². The number of fused-ring (bicyclic) bond motifs is 1. The van der Waals surface area contributed by atoms with E-state index >= 15 is 0 Å². The van der Waals surface area contributed by atoms with E-state index in [9.17, 15) is 0 Å². The van der Waals surface area contributed by atoms with E-state index in [1.165, 1.54) is 15.8 Å². The van der Waals surface area contributed by atoms with Crippen molar-refractivity contribution in [2.24, 2.45) is 0 Å². The molecule has 1 heterocycles. The van der Waals surface area contributed by atoms with Crippen molar-refractivity contribution >= 4 is 39.1 Å². The van der Waals surface area contributed by atoms with Gasteiger partial charge in [0.25, 0.3) is 0 Å². The predicted molar refractivity (Wildman–Crippen MR) is 74.3 cm³/mol. The van der Waals surface area contributed by atoms with E-state index in [4.69, 9.17) is 0 Å². The first kappa shape index (κ1) is 11.2. The molecule has 1 aromatic heterocycles. The van der Waals surface area contributed by atoms with Gasteiger partial charge in [0.1, 0.15) is 0 Å². The Kier molecular flexibility index (Phi) is 2.72. The third kappa shape index (κ3) is 1.87. The molecule has 0 nitrogen and oxygen atoms in total. The first-order valence-electron chi connectivity index (χ1n) is 5.40. The first-order chi connectivity index (χ1) is 6.91. The van der Waals surface area contributed by atoms with Crippen LogP contribution in [0.3, 0.4) is 0 Å². The van der Waals surface area contributed by atoms with Crippen molar-refractivity contribution in [1.29, 1.82) is 0 Å². The van der Waals surface area contributed by atoms with Crippen LogP contribution < -0.4 is 4.40 Å². The van der Waals surface area contributed by atoms with Crippen LogP contribution in [0, 0.1) is 13.8 Å². The molecule has 0 aliphatic heterocycles. The zero-order chi connectivity index (χ0) is 11.2. The van der Waals surface area contributed by atoms with Crippen LogP contribution in [0.4, 0.5) is 0 Å². The molecular weight excluding hydrogens is 261 g/mol. The van der Waals surface area contributed by atoms with Gasteiger partial charge in [-0.15, -0.1) is 0 Å². The summed E-state index contributed by atoms with van der Waals surface area (Å²) in [6, 6.07) is 6.84. The van der Waals surface area contributed by atoms with Gasteiger partial charge in [-0.1, -0.05) is 0 Å². The molecule has 1 aromatic carbocycles. The first-order valence-corrected chi connectivity index (χ1v) is 13.6. The fourth-order valence-electron chi connectivity index (χ4n) is 1.95. The Bertz CT molecular complexity index is 503. The second-order valence-corrected chi connectivity index (χ2v) is 17.0. The topological polar surface area (TPSA) is 0 Å². The minimum absolute atomic E-state index is 1.48. The van der Waals surface area contributed by atoms with Crippen molar-refractivity contribution in [3.05, 3.63) is 28.6 Å².